The van der Waals surface area contributed by atoms with Crippen LogP contribution in [0.2, 0.25) is 10.0 Å². The monoisotopic (exact) mass is 301 g/mol. The molecule has 19 heavy (non-hydrogen) atoms. The zero-order valence-corrected chi connectivity index (χ0v) is 13.0. The Morgan fingerprint density at radius 2 is 1.89 bits per heavy atom. The molecule has 1 aromatic heterocycles. The summed E-state index contributed by atoms with van der Waals surface area (Å²) < 4.78 is 0. The third-order valence-corrected chi connectivity index (χ3v) is 4.79. The second kappa shape index (κ2) is 6.19. The summed E-state index contributed by atoms with van der Waals surface area (Å²) in [6.45, 7) is 2.27. The molecule has 1 aliphatic rings. The molecule has 0 amide bonds. The number of nitrogen functional groups attached to an aromatic ring is 1. The van der Waals surface area contributed by atoms with Gasteiger partial charge in [0.1, 0.15) is 11.6 Å². The lowest BCUT2D eigenvalue weighted by molar-refractivity contribution is 0.313. The lowest BCUT2D eigenvalue weighted by atomic mass is 9.84. The topological polar surface area (TPSA) is 42.2 Å². The largest absolute Gasteiger partial charge is 0.382 e. The number of nitrogens with zero attached hydrogens (tertiary/aromatic N) is 2. The highest BCUT2D eigenvalue weighted by atomic mass is 35.5. The fourth-order valence-corrected chi connectivity index (χ4v) is 3.32. The SMILES string of the molecule is CCC1CCC(N(C)c2nc(N)c(Cl)cc2Cl)CC1. The van der Waals surface area contributed by atoms with E-state index in [2.05, 4.69) is 16.8 Å². The number of halogens is 2. The molecule has 1 heterocycles. The maximum Gasteiger partial charge on any atom is 0.149 e. The van der Waals surface area contributed by atoms with Gasteiger partial charge in [-0.2, -0.15) is 0 Å². The van der Waals surface area contributed by atoms with Crippen LogP contribution in [0, 0.1) is 5.92 Å². The van der Waals surface area contributed by atoms with Gasteiger partial charge in [0.25, 0.3) is 0 Å². The van der Waals surface area contributed by atoms with Crippen LogP contribution in [0.15, 0.2) is 6.07 Å². The van der Waals surface area contributed by atoms with Crippen molar-refractivity contribution in [2.24, 2.45) is 5.92 Å². The molecule has 1 aliphatic carbocycles. The minimum absolute atomic E-state index is 0.343. The molecule has 0 atom stereocenters. The van der Waals surface area contributed by atoms with Gasteiger partial charge >= 0.3 is 0 Å². The second-order valence-electron chi connectivity index (χ2n) is 5.35. The molecule has 2 N–H and O–H groups in total. The van der Waals surface area contributed by atoms with Crippen molar-refractivity contribution in [3.05, 3.63) is 16.1 Å². The van der Waals surface area contributed by atoms with Crippen molar-refractivity contribution in [1.29, 1.82) is 0 Å². The zero-order valence-electron chi connectivity index (χ0n) is 11.5. The van der Waals surface area contributed by atoms with Gasteiger partial charge in [0, 0.05) is 13.1 Å². The number of nitrogens with two attached hydrogens (primary N) is 1. The van der Waals surface area contributed by atoms with Crippen molar-refractivity contribution in [3.8, 4) is 0 Å². The van der Waals surface area contributed by atoms with E-state index in [4.69, 9.17) is 28.9 Å². The molecular formula is C14H21Cl2N3. The molecule has 0 aliphatic heterocycles. The molecule has 5 heteroatoms. The van der Waals surface area contributed by atoms with Crippen LogP contribution < -0.4 is 10.6 Å². The van der Waals surface area contributed by atoms with Crippen LogP contribution in [0.1, 0.15) is 39.0 Å². The van der Waals surface area contributed by atoms with Crippen LogP contribution in [0.25, 0.3) is 0 Å². The predicted octanol–water partition coefficient (Wildman–Crippen LogP) is 4.38. The van der Waals surface area contributed by atoms with Gasteiger partial charge in [0.05, 0.1) is 10.0 Å². The van der Waals surface area contributed by atoms with Crippen LogP contribution in [-0.4, -0.2) is 18.1 Å². The first-order valence-corrected chi connectivity index (χ1v) is 7.62. The predicted molar refractivity (Wildman–Crippen MR) is 83.1 cm³/mol. The van der Waals surface area contributed by atoms with Crippen LogP contribution in [0.4, 0.5) is 11.6 Å². The van der Waals surface area contributed by atoms with Crippen LogP contribution in [-0.2, 0) is 0 Å². The van der Waals surface area contributed by atoms with E-state index in [0.29, 0.717) is 21.9 Å². The fraction of sp³-hybridized carbons (Fsp3) is 0.643. The van der Waals surface area contributed by atoms with Crippen LogP contribution in [0.3, 0.4) is 0 Å². The highest BCUT2D eigenvalue weighted by Crippen LogP contribution is 2.35. The Morgan fingerprint density at radius 3 is 2.47 bits per heavy atom. The van der Waals surface area contributed by atoms with Gasteiger partial charge in [-0.05, 0) is 37.7 Å². The zero-order chi connectivity index (χ0) is 14.0. The maximum atomic E-state index is 6.23. The summed E-state index contributed by atoms with van der Waals surface area (Å²) in [5.41, 5.74) is 5.77. The number of anilines is 2. The van der Waals surface area contributed by atoms with E-state index in [1.54, 1.807) is 6.07 Å². The van der Waals surface area contributed by atoms with Crippen molar-refractivity contribution < 1.29 is 0 Å². The molecule has 0 aromatic carbocycles. The number of hydrogen-bond acceptors (Lipinski definition) is 3. The Hall–Kier alpha value is -0.670. The average molecular weight is 302 g/mol. The number of rotatable bonds is 3. The average Bonchev–Trinajstić information content (AvgIpc) is 2.42. The summed E-state index contributed by atoms with van der Waals surface area (Å²) >= 11 is 12.2. The van der Waals surface area contributed by atoms with E-state index < -0.39 is 0 Å². The molecule has 106 valence electrons. The fourth-order valence-electron chi connectivity index (χ4n) is 2.83. The quantitative estimate of drug-likeness (QED) is 0.901. The molecule has 3 nitrogen and oxygen atoms in total. The number of pyridine rings is 1. The van der Waals surface area contributed by atoms with Crippen molar-refractivity contribution in [1.82, 2.24) is 4.98 Å². The summed E-state index contributed by atoms with van der Waals surface area (Å²) in [4.78, 5) is 6.48. The normalized spacial score (nSPS) is 23.4. The van der Waals surface area contributed by atoms with Gasteiger partial charge in [-0.3, -0.25) is 0 Å². The van der Waals surface area contributed by atoms with Gasteiger partial charge in [0.15, 0.2) is 0 Å². The third kappa shape index (κ3) is 3.26. The first-order valence-electron chi connectivity index (χ1n) is 6.87. The van der Waals surface area contributed by atoms with E-state index >= 15 is 0 Å². The Labute approximate surface area is 125 Å². The molecular weight excluding hydrogens is 281 g/mol. The Kier molecular flexibility index (Phi) is 4.80. The van der Waals surface area contributed by atoms with Crippen molar-refractivity contribution in [3.63, 3.8) is 0 Å². The van der Waals surface area contributed by atoms with E-state index in [0.717, 1.165) is 11.7 Å². The molecule has 0 saturated heterocycles. The number of aromatic nitrogens is 1. The molecule has 1 aromatic rings. The van der Waals surface area contributed by atoms with E-state index in [1.807, 2.05) is 7.05 Å². The Morgan fingerprint density at radius 1 is 1.26 bits per heavy atom. The first kappa shape index (κ1) is 14.7. The lowest BCUT2D eigenvalue weighted by Gasteiger charge is -2.35. The number of hydrogen-bond donors (Lipinski definition) is 1. The Bertz CT molecular complexity index is 443. The summed E-state index contributed by atoms with van der Waals surface area (Å²) in [5, 5.41) is 0.983. The van der Waals surface area contributed by atoms with Crippen molar-refractivity contribution in [2.75, 3.05) is 17.7 Å². The van der Waals surface area contributed by atoms with E-state index in [1.165, 1.54) is 32.1 Å². The molecule has 1 fully saturated rings. The minimum atomic E-state index is 0.343. The minimum Gasteiger partial charge on any atom is -0.382 e. The molecule has 0 unspecified atom stereocenters. The first-order chi connectivity index (χ1) is 9.02. The van der Waals surface area contributed by atoms with Gasteiger partial charge < -0.3 is 10.6 Å². The van der Waals surface area contributed by atoms with Gasteiger partial charge in [-0.1, -0.05) is 36.5 Å². The highest BCUT2D eigenvalue weighted by Gasteiger charge is 2.25. The molecule has 0 spiro atoms. The van der Waals surface area contributed by atoms with Crippen LogP contribution >= 0.6 is 23.2 Å². The van der Waals surface area contributed by atoms with E-state index in [9.17, 15) is 0 Å². The Balaban J connectivity index is 2.12. The van der Waals surface area contributed by atoms with Gasteiger partial charge in [-0.25, -0.2) is 4.98 Å². The second-order valence-corrected chi connectivity index (χ2v) is 6.17. The van der Waals surface area contributed by atoms with Crippen LogP contribution in [0.5, 0.6) is 0 Å². The van der Waals surface area contributed by atoms with Crippen molar-refractivity contribution in [2.45, 2.75) is 45.1 Å². The molecule has 0 radical (unpaired) electrons. The molecule has 0 bridgehead atoms. The summed E-state index contributed by atoms with van der Waals surface area (Å²) in [7, 11) is 2.04. The molecule has 1 saturated carbocycles. The highest BCUT2D eigenvalue weighted by molar-refractivity contribution is 6.37. The lowest BCUT2D eigenvalue weighted by Crippen LogP contribution is -2.36. The smallest absolute Gasteiger partial charge is 0.149 e. The van der Waals surface area contributed by atoms with Gasteiger partial charge in [-0.15, -0.1) is 0 Å². The molecule has 2 rings (SSSR count). The van der Waals surface area contributed by atoms with Gasteiger partial charge in [0.2, 0.25) is 0 Å². The van der Waals surface area contributed by atoms with Crippen molar-refractivity contribution >= 4 is 34.8 Å². The summed E-state index contributed by atoms with van der Waals surface area (Å²) in [6, 6.07) is 2.17. The van der Waals surface area contributed by atoms with E-state index in [-0.39, 0.29) is 0 Å². The maximum absolute atomic E-state index is 6.23. The third-order valence-electron chi connectivity index (χ3n) is 4.21. The standard InChI is InChI=1S/C14H21Cl2N3/c1-3-9-4-6-10(7-5-9)19(2)14-12(16)8-11(15)13(17)18-14/h8-10H,3-7H2,1-2H3,(H2,17,18). The summed E-state index contributed by atoms with van der Waals surface area (Å²) in [5.74, 6) is 1.96. The summed E-state index contributed by atoms with van der Waals surface area (Å²) in [6.07, 6.45) is 6.23.